The van der Waals surface area contributed by atoms with Gasteiger partial charge in [0, 0.05) is 22.6 Å². The summed E-state index contributed by atoms with van der Waals surface area (Å²) in [5.41, 5.74) is 4.29. The number of rotatable bonds is 4. The van der Waals surface area contributed by atoms with Gasteiger partial charge in [0.2, 0.25) is 0 Å². The van der Waals surface area contributed by atoms with Crippen LogP contribution in [0.1, 0.15) is 5.56 Å². The van der Waals surface area contributed by atoms with E-state index in [2.05, 4.69) is 24.4 Å². The number of aryl methyl sites for hydroxylation is 1. The van der Waals surface area contributed by atoms with Gasteiger partial charge >= 0.3 is 0 Å². The quantitative estimate of drug-likeness (QED) is 0.693. The third-order valence-corrected chi connectivity index (χ3v) is 4.44. The minimum atomic E-state index is 0.765. The molecule has 0 N–H and O–H groups in total. The van der Waals surface area contributed by atoms with Crippen molar-refractivity contribution in [3.63, 3.8) is 0 Å². The molecule has 3 rings (SSSR count). The molecule has 0 unspecified atom stereocenters. The van der Waals surface area contributed by atoms with Gasteiger partial charge in [0.25, 0.3) is 0 Å². The predicted molar refractivity (Wildman–Crippen MR) is 90.8 cm³/mol. The Hall–Kier alpha value is -2.33. The van der Waals surface area contributed by atoms with Gasteiger partial charge in [0.05, 0.1) is 19.9 Å². The summed E-state index contributed by atoms with van der Waals surface area (Å²) in [6.07, 6.45) is 0. The summed E-state index contributed by atoms with van der Waals surface area (Å²) in [6, 6.07) is 14.1. The summed E-state index contributed by atoms with van der Waals surface area (Å²) in [4.78, 5) is 4.77. The Morgan fingerprint density at radius 2 is 1.77 bits per heavy atom. The standard InChI is InChI=1S/C18H17NO2S/c1-12-6-4-5-7-14(12)18-19-16(11-22-18)15-9-8-13(20-2)10-17(15)21-3/h4-11H,1-3H3. The summed E-state index contributed by atoms with van der Waals surface area (Å²) in [7, 11) is 3.31. The molecule has 0 amide bonds. The van der Waals surface area contributed by atoms with Crippen LogP contribution in [0.15, 0.2) is 47.8 Å². The van der Waals surface area contributed by atoms with Crippen molar-refractivity contribution < 1.29 is 9.47 Å². The molecule has 3 nitrogen and oxygen atoms in total. The Labute approximate surface area is 134 Å². The van der Waals surface area contributed by atoms with E-state index >= 15 is 0 Å². The van der Waals surface area contributed by atoms with Gasteiger partial charge < -0.3 is 9.47 Å². The largest absolute Gasteiger partial charge is 0.497 e. The summed E-state index contributed by atoms with van der Waals surface area (Å²) < 4.78 is 10.7. The molecule has 0 aliphatic rings. The van der Waals surface area contributed by atoms with Gasteiger partial charge in [-0.1, -0.05) is 24.3 Å². The molecule has 112 valence electrons. The van der Waals surface area contributed by atoms with Crippen molar-refractivity contribution in [1.29, 1.82) is 0 Å². The van der Waals surface area contributed by atoms with Gasteiger partial charge in [0.1, 0.15) is 16.5 Å². The predicted octanol–water partition coefficient (Wildman–Crippen LogP) is 4.80. The lowest BCUT2D eigenvalue weighted by Crippen LogP contribution is -1.90. The van der Waals surface area contributed by atoms with Crippen molar-refractivity contribution in [1.82, 2.24) is 4.98 Å². The van der Waals surface area contributed by atoms with E-state index in [0.717, 1.165) is 27.8 Å². The van der Waals surface area contributed by atoms with Gasteiger partial charge in [-0.05, 0) is 24.6 Å². The molecule has 0 radical (unpaired) electrons. The van der Waals surface area contributed by atoms with E-state index in [-0.39, 0.29) is 0 Å². The lowest BCUT2D eigenvalue weighted by Gasteiger charge is -2.08. The first-order valence-electron chi connectivity index (χ1n) is 6.97. The maximum absolute atomic E-state index is 5.47. The highest BCUT2D eigenvalue weighted by molar-refractivity contribution is 7.13. The second-order valence-corrected chi connectivity index (χ2v) is 5.78. The van der Waals surface area contributed by atoms with E-state index < -0.39 is 0 Å². The molecule has 0 saturated heterocycles. The maximum Gasteiger partial charge on any atom is 0.131 e. The fraction of sp³-hybridized carbons (Fsp3) is 0.167. The third-order valence-electron chi connectivity index (χ3n) is 3.56. The molecular formula is C18H17NO2S. The highest BCUT2D eigenvalue weighted by atomic mass is 32.1. The first kappa shape index (κ1) is 14.6. The monoisotopic (exact) mass is 311 g/mol. The topological polar surface area (TPSA) is 31.4 Å². The van der Waals surface area contributed by atoms with Crippen LogP contribution in [0.3, 0.4) is 0 Å². The van der Waals surface area contributed by atoms with Crippen molar-refractivity contribution in [3.05, 3.63) is 53.4 Å². The molecule has 0 fully saturated rings. The minimum absolute atomic E-state index is 0.765. The zero-order chi connectivity index (χ0) is 15.5. The van der Waals surface area contributed by atoms with Crippen LogP contribution in [0.25, 0.3) is 21.8 Å². The van der Waals surface area contributed by atoms with Crippen LogP contribution in [0.4, 0.5) is 0 Å². The van der Waals surface area contributed by atoms with Crippen LogP contribution in [0.2, 0.25) is 0 Å². The molecule has 1 aromatic heterocycles. The number of benzene rings is 2. The number of hydrogen-bond acceptors (Lipinski definition) is 4. The Kier molecular flexibility index (Phi) is 4.11. The lowest BCUT2D eigenvalue weighted by molar-refractivity contribution is 0.395. The lowest BCUT2D eigenvalue weighted by atomic mass is 10.1. The first-order valence-corrected chi connectivity index (χ1v) is 7.85. The van der Waals surface area contributed by atoms with Crippen LogP contribution in [-0.2, 0) is 0 Å². The number of nitrogens with zero attached hydrogens (tertiary/aromatic N) is 1. The maximum atomic E-state index is 5.47. The third kappa shape index (κ3) is 2.70. The van der Waals surface area contributed by atoms with E-state index in [4.69, 9.17) is 14.5 Å². The van der Waals surface area contributed by atoms with Gasteiger partial charge in [-0.25, -0.2) is 4.98 Å². The molecule has 0 aliphatic carbocycles. The average Bonchev–Trinajstić information content (AvgIpc) is 3.04. The van der Waals surface area contributed by atoms with E-state index in [1.807, 2.05) is 30.3 Å². The Morgan fingerprint density at radius 3 is 2.50 bits per heavy atom. The number of hydrogen-bond donors (Lipinski definition) is 0. The molecule has 0 bridgehead atoms. The average molecular weight is 311 g/mol. The second-order valence-electron chi connectivity index (χ2n) is 4.92. The van der Waals surface area contributed by atoms with Crippen molar-refractivity contribution in [2.24, 2.45) is 0 Å². The van der Waals surface area contributed by atoms with Gasteiger partial charge in [-0.3, -0.25) is 0 Å². The summed E-state index contributed by atoms with van der Waals surface area (Å²) in [5, 5.41) is 3.08. The van der Waals surface area contributed by atoms with Gasteiger partial charge in [-0.15, -0.1) is 11.3 Å². The van der Waals surface area contributed by atoms with E-state index in [1.165, 1.54) is 11.1 Å². The van der Waals surface area contributed by atoms with Crippen LogP contribution >= 0.6 is 11.3 Å². The SMILES string of the molecule is COc1ccc(-c2csc(-c3ccccc3C)n2)c(OC)c1. The molecule has 3 aromatic rings. The van der Waals surface area contributed by atoms with Crippen LogP contribution in [0, 0.1) is 6.92 Å². The molecule has 1 heterocycles. The second kappa shape index (κ2) is 6.20. The smallest absolute Gasteiger partial charge is 0.131 e. The normalized spacial score (nSPS) is 10.5. The molecule has 22 heavy (non-hydrogen) atoms. The molecule has 0 saturated carbocycles. The summed E-state index contributed by atoms with van der Waals surface area (Å²) in [5.74, 6) is 1.54. The molecule has 0 aliphatic heterocycles. The zero-order valence-electron chi connectivity index (χ0n) is 12.8. The van der Waals surface area contributed by atoms with E-state index in [9.17, 15) is 0 Å². The summed E-state index contributed by atoms with van der Waals surface area (Å²) >= 11 is 1.64. The fourth-order valence-corrected chi connectivity index (χ4v) is 3.25. The summed E-state index contributed by atoms with van der Waals surface area (Å²) in [6.45, 7) is 2.10. The molecule has 4 heteroatoms. The minimum Gasteiger partial charge on any atom is -0.497 e. The molecule has 0 spiro atoms. The van der Waals surface area contributed by atoms with Gasteiger partial charge in [-0.2, -0.15) is 0 Å². The Morgan fingerprint density at radius 1 is 0.955 bits per heavy atom. The van der Waals surface area contributed by atoms with Crippen molar-refractivity contribution >= 4 is 11.3 Å². The van der Waals surface area contributed by atoms with Gasteiger partial charge in [0.15, 0.2) is 0 Å². The molecule has 2 aromatic carbocycles. The molecule has 0 atom stereocenters. The van der Waals surface area contributed by atoms with Crippen LogP contribution in [0.5, 0.6) is 11.5 Å². The Bertz CT molecular complexity index is 795. The number of aromatic nitrogens is 1. The van der Waals surface area contributed by atoms with Crippen LogP contribution in [-0.4, -0.2) is 19.2 Å². The van der Waals surface area contributed by atoms with Crippen molar-refractivity contribution in [2.75, 3.05) is 14.2 Å². The van der Waals surface area contributed by atoms with E-state index in [1.54, 1.807) is 25.6 Å². The van der Waals surface area contributed by atoms with Crippen LogP contribution < -0.4 is 9.47 Å². The first-order chi connectivity index (χ1) is 10.7. The van der Waals surface area contributed by atoms with Crippen molar-refractivity contribution in [3.8, 4) is 33.3 Å². The fourth-order valence-electron chi connectivity index (χ4n) is 2.34. The molecular weight excluding hydrogens is 294 g/mol. The number of ether oxygens (including phenoxy) is 2. The Balaban J connectivity index is 2.03. The highest BCUT2D eigenvalue weighted by Gasteiger charge is 2.13. The van der Waals surface area contributed by atoms with E-state index in [0.29, 0.717) is 0 Å². The number of thiazole rings is 1. The number of methoxy groups -OCH3 is 2. The van der Waals surface area contributed by atoms with Crippen molar-refractivity contribution in [2.45, 2.75) is 6.92 Å². The zero-order valence-corrected chi connectivity index (χ0v) is 13.6. The highest BCUT2D eigenvalue weighted by Crippen LogP contribution is 2.36.